The minimum absolute atomic E-state index is 0.00441. The van der Waals surface area contributed by atoms with Crippen LogP contribution >= 0.6 is 0 Å². The van der Waals surface area contributed by atoms with Gasteiger partial charge in [0.05, 0.1) is 21.6 Å². The Morgan fingerprint density at radius 1 is 1.82 bits per heavy atom. The van der Waals surface area contributed by atoms with Gasteiger partial charge in [-0.25, -0.2) is 0 Å². The maximum Gasteiger partial charge on any atom is 0.107 e. The quantitative estimate of drug-likeness (QED) is 0.608. The van der Waals surface area contributed by atoms with Crippen molar-refractivity contribution in [2.24, 2.45) is 5.92 Å². The van der Waals surface area contributed by atoms with Crippen LogP contribution in [0.25, 0.3) is 0 Å². The van der Waals surface area contributed by atoms with Crippen LogP contribution in [0.3, 0.4) is 0 Å². The van der Waals surface area contributed by atoms with E-state index in [-0.39, 0.29) is 18.6 Å². The highest BCUT2D eigenvalue weighted by Crippen LogP contribution is 2.22. The topological polar surface area (TPSA) is 38.7 Å². The van der Waals surface area contributed by atoms with E-state index >= 15 is 0 Å². The Hall–Kier alpha value is -0.120. The Kier molecular flexibility index (Phi) is 2.05. The first-order valence-corrected chi connectivity index (χ1v) is 3.82. The highest BCUT2D eigenvalue weighted by Gasteiger charge is 2.34. The smallest absolute Gasteiger partial charge is 0.107 e. The van der Waals surface area contributed by atoms with Crippen molar-refractivity contribution in [1.29, 1.82) is 0 Å². The fourth-order valence-corrected chi connectivity index (χ4v) is 1.23. The maximum atomic E-state index is 9.69. The molecule has 1 saturated heterocycles. The van der Waals surface area contributed by atoms with Gasteiger partial charge < -0.3 is 14.6 Å². The first kappa shape index (κ1) is 6.40. The van der Waals surface area contributed by atoms with Crippen molar-refractivity contribution in [2.75, 3.05) is 13.7 Å². The van der Waals surface area contributed by atoms with E-state index in [2.05, 4.69) is 0 Å². The highest BCUT2D eigenvalue weighted by molar-refractivity contribution is 4.82. The molecular formula is C8H16O3. The largest absolute Gasteiger partial charge is 0.390 e. The van der Waals surface area contributed by atoms with Crippen LogP contribution in [0.1, 0.15) is 16.6 Å². The van der Waals surface area contributed by atoms with Crippen molar-refractivity contribution >= 4 is 0 Å². The Morgan fingerprint density at radius 2 is 2.55 bits per heavy atom. The number of hydrogen-bond donors (Lipinski definition) is 1. The zero-order chi connectivity index (χ0) is 10.0. The van der Waals surface area contributed by atoms with E-state index in [4.69, 9.17) is 12.2 Å². The molecule has 0 aliphatic carbocycles. The summed E-state index contributed by atoms with van der Waals surface area (Å²) in [7, 11) is -1.36. The van der Waals surface area contributed by atoms with Gasteiger partial charge in [-0.1, -0.05) is 6.92 Å². The van der Waals surface area contributed by atoms with Gasteiger partial charge >= 0.3 is 0 Å². The Labute approximate surface area is 70.1 Å². The summed E-state index contributed by atoms with van der Waals surface area (Å²) in [6, 6.07) is 0. The normalized spacial score (nSPS) is 51.2. The van der Waals surface area contributed by atoms with E-state index < -0.39 is 19.3 Å². The Morgan fingerprint density at radius 3 is 3.18 bits per heavy atom. The van der Waals surface area contributed by atoms with Crippen LogP contribution in [0.15, 0.2) is 0 Å². The summed E-state index contributed by atoms with van der Waals surface area (Å²) in [5.41, 5.74) is 0. The lowest BCUT2D eigenvalue weighted by Gasteiger charge is -2.36. The molecule has 1 aliphatic rings. The predicted octanol–water partition coefficient (Wildman–Crippen LogP) is 0.417. The van der Waals surface area contributed by atoms with Crippen LogP contribution in [0.4, 0.5) is 0 Å². The molecule has 0 bridgehead atoms. The molecule has 0 aromatic carbocycles. The van der Waals surface area contributed by atoms with E-state index in [0.717, 1.165) is 0 Å². The van der Waals surface area contributed by atoms with Gasteiger partial charge in [0.25, 0.3) is 0 Å². The lowest BCUT2D eigenvalue weighted by molar-refractivity contribution is -0.158. The zero-order valence-electron chi connectivity index (χ0n) is 8.86. The van der Waals surface area contributed by atoms with Crippen molar-refractivity contribution < 1.29 is 17.3 Å². The molecule has 1 heterocycles. The SMILES string of the molecule is [2H]C([3H])OC1COC(C)C(C)C1O. The third-order valence-electron chi connectivity index (χ3n) is 2.36. The number of ether oxygens (including phenoxy) is 2. The second kappa shape index (κ2) is 3.52. The molecule has 3 nitrogen and oxygen atoms in total. The molecule has 5 atom stereocenters. The van der Waals surface area contributed by atoms with Gasteiger partial charge in [0, 0.05) is 13.0 Å². The predicted molar refractivity (Wildman–Crippen MR) is 41.4 cm³/mol. The number of methoxy groups -OCH3 is 1. The monoisotopic (exact) mass is 163 g/mol. The first-order chi connectivity index (χ1) is 6.02. The third kappa shape index (κ3) is 1.72. The van der Waals surface area contributed by atoms with Crippen LogP contribution in [0.2, 0.25) is 0 Å². The Bertz CT molecular complexity index is 165. The molecule has 0 aromatic heterocycles. The standard InChI is InChI=1S/C8H16O3/c1-5-6(2)11-4-7(10-3)8(5)9/h5-9H,4H2,1-3H3/i3TD. The van der Waals surface area contributed by atoms with E-state index in [1.165, 1.54) is 0 Å². The van der Waals surface area contributed by atoms with Crippen LogP contribution in [0.5, 0.6) is 0 Å². The highest BCUT2D eigenvalue weighted by atomic mass is 16.5. The van der Waals surface area contributed by atoms with Gasteiger partial charge in [0.1, 0.15) is 6.10 Å². The summed E-state index contributed by atoms with van der Waals surface area (Å²) in [5, 5.41) is 9.69. The summed E-state index contributed by atoms with van der Waals surface area (Å²) in [6.07, 6.45) is -1.17. The third-order valence-corrected chi connectivity index (χ3v) is 2.36. The number of rotatable bonds is 1. The van der Waals surface area contributed by atoms with Gasteiger partial charge in [-0.05, 0) is 6.92 Å². The molecule has 3 heteroatoms. The molecule has 5 unspecified atom stereocenters. The minimum Gasteiger partial charge on any atom is -0.390 e. The summed E-state index contributed by atoms with van der Waals surface area (Å²) in [4.78, 5) is 0. The molecule has 0 spiro atoms. The van der Waals surface area contributed by atoms with Crippen LogP contribution in [-0.2, 0) is 9.47 Å². The lowest BCUT2D eigenvalue weighted by atomic mass is 9.92. The van der Waals surface area contributed by atoms with Gasteiger partial charge in [-0.2, -0.15) is 0 Å². The average molecular weight is 163 g/mol. The van der Waals surface area contributed by atoms with Crippen molar-refractivity contribution in [3.05, 3.63) is 0 Å². The van der Waals surface area contributed by atoms with Gasteiger partial charge in [-0.3, -0.25) is 0 Å². The van der Waals surface area contributed by atoms with E-state index in [9.17, 15) is 5.11 Å². The number of hydrogen-bond acceptors (Lipinski definition) is 3. The number of aliphatic hydroxyl groups excluding tert-OH is 1. The summed E-state index contributed by atoms with van der Waals surface area (Å²) in [5.74, 6) is -0.0162. The minimum atomic E-state index is -1.36. The van der Waals surface area contributed by atoms with Crippen molar-refractivity contribution in [3.63, 3.8) is 0 Å². The maximum absolute atomic E-state index is 9.69. The van der Waals surface area contributed by atoms with E-state index in [1.54, 1.807) is 0 Å². The summed E-state index contributed by atoms with van der Waals surface area (Å²) < 4.78 is 24.0. The van der Waals surface area contributed by atoms with Gasteiger partial charge in [0.2, 0.25) is 0 Å². The van der Waals surface area contributed by atoms with Crippen LogP contribution < -0.4 is 0 Å². The van der Waals surface area contributed by atoms with Crippen LogP contribution in [-0.4, -0.2) is 37.1 Å². The molecule has 1 rings (SSSR count). The average Bonchev–Trinajstić information content (AvgIpc) is 2.06. The van der Waals surface area contributed by atoms with E-state index in [0.29, 0.717) is 0 Å². The fraction of sp³-hybridized carbons (Fsp3) is 1.00. The fourth-order valence-electron chi connectivity index (χ4n) is 1.23. The van der Waals surface area contributed by atoms with Crippen molar-refractivity contribution in [2.45, 2.75) is 32.2 Å². The summed E-state index contributed by atoms with van der Waals surface area (Å²) in [6.45, 7) is 4.03. The zero-order valence-corrected chi connectivity index (χ0v) is 6.86. The molecule has 0 radical (unpaired) electrons. The van der Waals surface area contributed by atoms with Gasteiger partial charge in [-0.15, -0.1) is 0 Å². The first-order valence-electron chi connectivity index (χ1n) is 4.97. The van der Waals surface area contributed by atoms with E-state index in [1.807, 2.05) is 13.8 Å². The second-order valence-corrected chi connectivity index (χ2v) is 3.06. The molecule has 66 valence electrons. The van der Waals surface area contributed by atoms with Gasteiger partial charge in [0.15, 0.2) is 0 Å². The molecule has 1 N–H and O–H groups in total. The lowest BCUT2D eigenvalue weighted by Crippen LogP contribution is -2.47. The van der Waals surface area contributed by atoms with Crippen molar-refractivity contribution in [3.8, 4) is 0 Å². The molecule has 11 heavy (non-hydrogen) atoms. The molecule has 0 aromatic rings. The molecule has 1 fully saturated rings. The number of aliphatic hydroxyl groups is 1. The molecule has 0 amide bonds. The van der Waals surface area contributed by atoms with Crippen LogP contribution in [0, 0.1) is 5.92 Å². The van der Waals surface area contributed by atoms with Crippen molar-refractivity contribution in [1.82, 2.24) is 0 Å². The Balaban J connectivity index is 2.48. The molecule has 0 saturated carbocycles. The second-order valence-electron chi connectivity index (χ2n) is 3.06. The molecule has 1 aliphatic heterocycles. The molecular weight excluding hydrogens is 144 g/mol. The summed E-state index contributed by atoms with van der Waals surface area (Å²) >= 11 is 0.